The van der Waals surface area contributed by atoms with Crippen molar-refractivity contribution in [1.29, 1.82) is 5.26 Å². The minimum Gasteiger partial charge on any atom is -0.487 e. The van der Waals surface area contributed by atoms with Gasteiger partial charge in [-0.2, -0.15) is 5.26 Å². The summed E-state index contributed by atoms with van der Waals surface area (Å²) in [5, 5.41) is 17.0. The van der Waals surface area contributed by atoms with Gasteiger partial charge in [-0.3, -0.25) is 0 Å². The predicted molar refractivity (Wildman–Crippen MR) is 75.4 cm³/mol. The van der Waals surface area contributed by atoms with Gasteiger partial charge < -0.3 is 4.74 Å². The van der Waals surface area contributed by atoms with Crippen molar-refractivity contribution in [3.8, 4) is 11.8 Å². The number of nitriles is 1. The highest BCUT2D eigenvalue weighted by Crippen LogP contribution is 2.24. The third-order valence-corrected chi connectivity index (χ3v) is 3.15. The molecular weight excluding hydrogens is 252 g/mol. The standard InChI is InChI=1S/C15H18N4O/c1-10(2)19-14(13(8-16)17-18-19)9-20-15-11(3)6-5-7-12(15)4/h5-7,10H,9H2,1-4H3. The van der Waals surface area contributed by atoms with E-state index in [1.807, 2.05) is 45.9 Å². The first-order chi connectivity index (χ1) is 9.54. The molecule has 1 heterocycles. The van der Waals surface area contributed by atoms with Crippen molar-refractivity contribution < 1.29 is 4.74 Å². The van der Waals surface area contributed by atoms with E-state index in [0.29, 0.717) is 18.0 Å². The van der Waals surface area contributed by atoms with Crippen molar-refractivity contribution >= 4 is 0 Å². The molecular formula is C15H18N4O. The largest absolute Gasteiger partial charge is 0.487 e. The van der Waals surface area contributed by atoms with E-state index < -0.39 is 0 Å². The first-order valence-electron chi connectivity index (χ1n) is 6.57. The number of para-hydroxylation sites is 1. The molecule has 0 spiro atoms. The molecule has 5 heteroatoms. The van der Waals surface area contributed by atoms with E-state index in [9.17, 15) is 0 Å². The first-order valence-corrected chi connectivity index (χ1v) is 6.57. The van der Waals surface area contributed by atoms with Crippen LogP contribution in [0.1, 0.15) is 42.4 Å². The molecule has 0 unspecified atom stereocenters. The molecule has 0 aliphatic rings. The Labute approximate surface area is 118 Å². The highest BCUT2D eigenvalue weighted by atomic mass is 16.5. The lowest BCUT2D eigenvalue weighted by molar-refractivity contribution is 0.283. The molecule has 20 heavy (non-hydrogen) atoms. The van der Waals surface area contributed by atoms with Crippen LogP contribution in [0, 0.1) is 25.2 Å². The number of rotatable bonds is 4. The second-order valence-corrected chi connectivity index (χ2v) is 5.04. The summed E-state index contributed by atoms with van der Waals surface area (Å²) < 4.78 is 7.62. The second kappa shape index (κ2) is 5.74. The Morgan fingerprint density at radius 3 is 2.50 bits per heavy atom. The molecule has 0 aliphatic heterocycles. The van der Waals surface area contributed by atoms with Crippen LogP contribution in [-0.2, 0) is 6.61 Å². The highest BCUT2D eigenvalue weighted by molar-refractivity contribution is 5.40. The maximum atomic E-state index is 9.10. The van der Waals surface area contributed by atoms with Gasteiger partial charge in [0.15, 0.2) is 5.69 Å². The van der Waals surface area contributed by atoms with Crippen LogP contribution in [0.15, 0.2) is 18.2 Å². The Kier molecular flexibility index (Phi) is 4.04. The quantitative estimate of drug-likeness (QED) is 0.856. The van der Waals surface area contributed by atoms with Crippen LogP contribution >= 0.6 is 0 Å². The summed E-state index contributed by atoms with van der Waals surface area (Å²) in [6.07, 6.45) is 0. The van der Waals surface area contributed by atoms with Gasteiger partial charge in [0.05, 0.1) is 0 Å². The van der Waals surface area contributed by atoms with Crippen LogP contribution in [0.4, 0.5) is 0 Å². The molecule has 1 aromatic carbocycles. The topological polar surface area (TPSA) is 63.7 Å². The maximum Gasteiger partial charge on any atom is 0.189 e. The zero-order chi connectivity index (χ0) is 14.7. The summed E-state index contributed by atoms with van der Waals surface area (Å²) in [4.78, 5) is 0. The SMILES string of the molecule is Cc1cccc(C)c1OCc1c(C#N)nnn1C(C)C. The zero-order valence-corrected chi connectivity index (χ0v) is 12.2. The molecule has 0 aliphatic carbocycles. The minimum absolute atomic E-state index is 0.140. The molecule has 0 bridgehead atoms. The maximum absolute atomic E-state index is 9.10. The molecule has 2 rings (SSSR count). The third-order valence-electron chi connectivity index (χ3n) is 3.15. The fraction of sp³-hybridized carbons (Fsp3) is 0.400. The molecule has 0 saturated heterocycles. The molecule has 104 valence electrons. The Morgan fingerprint density at radius 2 is 1.95 bits per heavy atom. The summed E-state index contributed by atoms with van der Waals surface area (Å²) in [5.41, 5.74) is 3.19. The van der Waals surface area contributed by atoms with Crippen LogP contribution in [0.25, 0.3) is 0 Å². The van der Waals surface area contributed by atoms with E-state index in [4.69, 9.17) is 10.00 Å². The fourth-order valence-electron chi connectivity index (χ4n) is 2.12. The number of aryl methyl sites for hydroxylation is 2. The monoisotopic (exact) mass is 270 g/mol. The molecule has 0 radical (unpaired) electrons. The summed E-state index contributed by atoms with van der Waals surface area (Å²) in [6.45, 7) is 8.30. The Hall–Kier alpha value is -2.35. The van der Waals surface area contributed by atoms with Gasteiger partial charge in [-0.15, -0.1) is 5.10 Å². The average molecular weight is 270 g/mol. The van der Waals surface area contributed by atoms with Gasteiger partial charge in [-0.1, -0.05) is 23.4 Å². The van der Waals surface area contributed by atoms with Crippen LogP contribution in [0.3, 0.4) is 0 Å². The molecule has 0 saturated carbocycles. The molecule has 5 nitrogen and oxygen atoms in total. The summed E-state index contributed by atoms with van der Waals surface area (Å²) in [5.74, 6) is 0.855. The summed E-state index contributed by atoms with van der Waals surface area (Å²) >= 11 is 0. The Balaban J connectivity index is 2.27. The normalized spacial score (nSPS) is 10.6. The number of nitrogens with zero attached hydrogens (tertiary/aromatic N) is 4. The molecule has 2 aromatic rings. The number of aromatic nitrogens is 3. The smallest absolute Gasteiger partial charge is 0.189 e. The van der Waals surface area contributed by atoms with Crippen LogP contribution < -0.4 is 4.74 Å². The zero-order valence-electron chi connectivity index (χ0n) is 12.2. The summed E-state index contributed by atoms with van der Waals surface area (Å²) in [7, 11) is 0. The van der Waals surface area contributed by atoms with Crippen LogP contribution in [0.2, 0.25) is 0 Å². The minimum atomic E-state index is 0.140. The van der Waals surface area contributed by atoms with E-state index in [1.54, 1.807) is 4.68 Å². The predicted octanol–water partition coefficient (Wildman–Crippen LogP) is 2.93. The molecule has 1 aromatic heterocycles. The van der Waals surface area contributed by atoms with E-state index in [1.165, 1.54) is 0 Å². The van der Waals surface area contributed by atoms with Crippen LogP contribution in [-0.4, -0.2) is 15.0 Å². The fourth-order valence-corrected chi connectivity index (χ4v) is 2.12. The van der Waals surface area contributed by atoms with Crippen molar-refractivity contribution in [3.05, 3.63) is 40.7 Å². The van der Waals surface area contributed by atoms with Gasteiger partial charge >= 0.3 is 0 Å². The van der Waals surface area contributed by atoms with E-state index in [2.05, 4.69) is 16.4 Å². The van der Waals surface area contributed by atoms with E-state index in [0.717, 1.165) is 16.9 Å². The highest BCUT2D eigenvalue weighted by Gasteiger charge is 2.16. The lowest BCUT2D eigenvalue weighted by Crippen LogP contribution is -2.11. The molecule has 0 N–H and O–H groups in total. The van der Waals surface area contributed by atoms with Crippen molar-refractivity contribution in [2.75, 3.05) is 0 Å². The second-order valence-electron chi connectivity index (χ2n) is 5.04. The van der Waals surface area contributed by atoms with E-state index in [-0.39, 0.29) is 6.04 Å². The van der Waals surface area contributed by atoms with Gasteiger partial charge in [0.1, 0.15) is 24.1 Å². The van der Waals surface area contributed by atoms with Gasteiger partial charge in [0.2, 0.25) is 0 Å². The molecule has 0 fully saturated rings. The van der Waals surface area contributed by atoms with E-state index >= 15 is 0 Å². The average Bonchev–Trinajstić information content (AvgIpc) is 2.81. The molecule has 0 atom stereocenters. The Morgan fingerprint density at radius 1 is 1.30 bits per heavy atom. The van der Waals surface area contributed by atoms with Gasteiger partial charge in [-0.25, -0.2) is 4.68 Å². The third kappa shape index (κ3) is 2.64. The lowest BCUT2D eigenvalue weighted by atomic mass is 10.1. The number of hydrogen-bond donors (Lipinski definition) is 0. The number of benzene rings is 1. The number of hydrogen-bond acceptors (Lipinski definition) is 4. The van der Waals surface area contributed by atoms with Gasteiger partial charge in [0, 0.05) is 6.04 Å². The first kappa shape index (κ1) is 14.1. The van der Waals surface area contributed by atoms with Crippen molar-refractivity contribution in [2.45, 2.75) is 40.3 Å². The van der Waals surface area contributed by atoms with Crippen molar-refractivity contribution in [2.24, 2.45) is 0 Å². The number of ether oxygens (including phenoxy) is 1. The lowest BCUT2D eigenvalue weighted by Gasteiger charge is -2.14. The Bertz CT molecular complexity index is 632. The van der Waals surface area contributed by atoms with Gasteiger partial charge in [0.25, 0.3) is 0 Å². The van der Waals surface area contributed by atoms with Crippen LogP contribution in [0.5, 0.6) is 5.75 Å². The van der Waals surface area contributed by atoms with Crippen molar-refractivity contribution in [1.82, 2.24) is 15.0 Å². The van der Waals surface area contributed by atoms with Crippen molar-refractivity contribution in [3.63, 3.8) is 0 Å². The van der Waals surface area contributed by atoms with Gasteiger partial charge in [-0.05, 0) is 38.8 Å². The molecule has 0 amide bonds. The summed E-state index contributed by atoms with van der Waals surface area (Å²) in [6, 6.07) is 8.21.